The van der Waals surface area contributed by atoms with Gasteiger partial charge in [0.1, 0.15) is 18.2 Å². The van der Waals surface area contributed by atoms with Gasteiger partial charge < -0.3 is 4.74 Å². The van der Waals surface area contributed by atoms with Gasteiger partial charge in [-0.2, -0.15) is 0 Å². The van der Waals surface area contributed by atoms with Crippen LogP contribution in [-0.2, 0) is 13.0 Å². The minimum atomic E-state index is -0.227. The Labute approximate surface area is 158 Å². The molecular formula is C24H20FNO. The highest BCUT2D eigenvalue weighted by Gasteiger charge is 2.13. The van der Waals surface area contributed by atoms with Crippen molar-refractivity contribution >= 4 is 11.8 Å². The molecule has 134 valence electrons. The van der Waals surface area contributed by atoms with E-state index in [1.54, 1.807) is 18.2 Å². The van der Waals surface area contributed by atoms with Crippen LogP contribution in [0.1, 0.15) is 22.3 Å². The summed E-state index contributed by atoms with van der Waals surface area (Å²) >= 11 is 0. The van der Waals surface area contributed by atoms with Gasteiger partial charge in [0, 0.05) is 17.7 Å². The monoisotopic (exact) mass is 357 g/mol. The maximum absolute atomic E-state index is 13.8. The summed E-state index contributed by atoms with van der Waals surface area (Å²) in [5.74, 6) is 0.631. The number of fused-ring (bicyclic) bond motifs is 1. The maximum atomic E-state index is 13.8. The zero-order chi connectivity index (χ0) is 18.5. The average molecular weight is 357 g/mol. The molecule has 0 saturated carbocycles. The van der Waals surface area contributed by atoms with Gasteiger partial charge in [0.2, 0.25) is 0 Å². The molecular weight excluding hydrogens is 337 g/mol. The number of nitrogens with zero attached hydrogens (tertiary/aromatic N) is 1. The molecule has 0 radical (unpaired) electrons. The first-order valence-electron chi connectivity index (χ1n) is 9.07. The molecule has 3 aromatic rings. The Morgan fingerprint density at radius 2 is 1.74 bits per heavy atom. The van der Waals surface area contributed by atoms with E-state index >= 15 is 0 Å². The Kier molecular flexibility index (Phi) is 5.10. The summed E-state index contributed by atoms with van der Waals surface area (Å²) in [4.78, 5) is 4.61. The Morgan fingerprint density at radius 3 is 2.59 bits per heavy atom. The van der Waals surface area contributed by atoms with Crippen LogP contribution in [0, 0.1) is 5.82 Å². The quantitative estimate of drug-likeness (QED) is 0.594. The van der Waals surface area contributed by atoms with E-state index in [-0.39, 0.29) is 5.82 Å². The van der Waals surface area contributed by atoms with Gasteiger partial charge in [-0.3, -0.25) is 4.99 Å². The van der Waals surface area contributed by atoms with Crippen molar-refractivity contribution < 1.29 is 9.13 Å². The molecule has 1 aliphatic rings. The molecule has 0 amide bonds. The van der Waals surface area contributed by atoms with Gasteiger partial charge in [0.05, 0.1) is 5.71 Å². The molecule has 1 heterocycles. The van der Waals surface area contributed by atoms with E-state index in [1.807, 2.05) is 42.5 Å². The maximum Gasteiger partial charge on any atom is 0.130 e. The summed E-state index contributed by atoms with van der Waals surface area (Å²) in [5.41, 5.74) is 4.89. The fourth-order valence-corrected chi connectivity index (χ4v) is 3.16. The van der Waals surface area contributed by atoms with E-state index in [2.05, 4.69) is 23.2 Å². The highest BCUT2D eigenvalue weighted by molar-refractivity contribution is 6.12. The van der Waals surface area contributed by atoms with E-state index in [0.29, 0.717) is 12.2 Å². The lowest BCUT2D eigenvalue weighted by Gasteiger charge is -2.16. The SMILES string of the molecule is Fc1ccccc1C=CC1=NCCc2cc(OCc3ccccc3)ccc21. The topological polar surface area (TPSA) is 21.6 Å². The standard InChI is InChI=1S/C24H20FNO/c25-23-9-5-4-8-19(23)10-13-24-22-12-11-21(16-20(22)14-15-26-24)27-17-18-6-2-1-3-7-18/h1-13,16H,14-15,17H2. The normalized spacial score (nSPS) is 13.3. The van der Waals surface area contributed by atoms with Gasteiger partial charge in [-0.05, 0) is 54.0 Å². The van der Waals surface area contributed by atoms with Crippen molar-refractivity contribution in [2.24, 2.45) is 4.99 Å². The first-order chi connectivity index (χ1) is 13.3. The Balaban J connectivity index is 1.51. The number of rotatable bonds is 5. The number of allylic oxidation sites excluding steroid dienone is 1. The highest BCUT2D eigenvalue weighted by atomic mass is 19.1. The Morgan fingerprint density at radius 1 is 0.926 bits per heavy atom. The van der Waals surface area contributed by atoms with Crippen molar-refractivity contribution in [1.29, 1.82) is 0 Å². The lowest BCUT2D eigenvalue weighted by atomic mass is 9.96. The van der Waals surface area contributed by atoms with Gasteiger partial charge in [0.25, 0.3) is 0 Å². The molecule has 4 rings (SSSR count). The Hall–Kier alpha value is -3.20. The predicted molar refractivity (Wildman–Crippen MR) is 108 cm³/mol. The van der Waals surface area contributed by atoms with Crippen LogP contribution in [0.3, 0.4) is 0 Å². The number of hydrogen-bond acceptors (Lipinski definition) is 2. The lowest BCUT2D eigenvalue weighted by molar-refractivity contribution is 0.306. The minimum Gasteiger partial charge on any atom is -0.489 e. The fourth-order valence-electron chi connectivity index (χ4n) is 3.16. The second kappa shape index (κ2) is 8.00. The number of hydrogen-bond donors (Lipinski definition) is 0. The van der Waals surface area contributed by atoms with E-state index in [0.717, 1.165) is 35.6 Å². The van der Waals surface area contributed by atoms with Crippen LogP contribution < -0.4 is 4.74 Å². The average Bonchev–Trinajstić information content (AvgIpc) is 2.72. The molecule has 0 N–H and O–H groups in total. The van der Waals surface area contributed by atoms with Gasteiger partial charge in [-0.15, -0.1) is 0 Å². The molecule has 2 nitrogen and oxygen atoms in total. The molecule has 3 aromatic carbocycles. The van der Waals surface area contributed by atoms with Crippen molar-refractivity contribution in [3.63, 3.8) is 0 Å². The summed E-state index contributed by atoms with van der Waals surface area (Å²) in [5, 5.41) is 0. The highest BCUT2D eigenvalue weighted by Crippen LogP contribution is 2.24. The summed E-state index contributed by atoms with van der Waals surface area (Å²) in [6, 6.07) is 23.0. The van der Waals surface area contributed by atoms with Gasteiger partial charge in [-0.1, -0.05) is 48.5 Å². The van der Waals surface area contributed by atoms with Crippen LogP contribution in [0.5, 0.6) is 5.75 Å². The summed E-state index contributed by atoms with van der Waals surface area (Å²) < 4.78 is 19.7. The van der Waals surface area contributed by atoms with Crippen LogP contribution in [0.4, 0.5) is 4.39 Å². The molecule has 3 heteroatoms. The predicted octanol–water partition coefficient (Wildman–Crippen LogP) is 5.46. The van der Waals surface area contributed by atoms with Crippen LogP contribution in [-0.4, -0.2) is 12.3 Å². The van der Waals surface area contributed by atoms with Crippen LogP contribution in [0.15, 0.2) is 83.9 Å². The molecule has 0 aliphatic carbocycles. The van der Waals surface area contributed by atoms with E-state index in [1.165, 1.54) is 11.6 Å². The van der Waals surface area contributed by atoms with Crippen LogP contribution in [0.25, 0.3) is 6.08 Å². The zero-order valence-corrected chi connectivity index (χ0v) is 14.9. The van der Waals surface area contributed by atoms with Crippen LogP contribution >= 0.6 is 0 Å². The molecule has 0 bridgehead atoms. The van der Waals surface area contributed by atoms with Crippen LogP contribution in [0.2, 0.25) is 0 Å². The largest absolute Gasteiger partial charge is 0.489 e. The zero-order valence-electron chi connectivity index (χ0n) is 14.9. The second-order valence-corrected chi connectivity index (χ2v) is 6.47. The first kappa shape index (κ1) is 17.2. The molecule has 0 unspecified atom stereocenters. The van der Waals surface area contributed by atoms with E-state index < -0.39 is 0 Å². The van der Waals surface area contributed by atoms with Crippen molar-refractivity contribution in [2.75, 3.05) is 6.54 Å². The van der Waals surface area contributed by atoms with Gasteiger partial charge in [-0.25, -0.2) is 4.39 Å². The van der Waals surface area contributed by atoms with Crippen molar-refractivity contribution in [1.82, 2.24) is 0 Å². The summed E-state index contributed by atoms with van der Waals surface area (Å²) in [7, 11) is 0. The lowest BCUT2D eigenvalue weighted by Crippen LogP contribution is -2.11. The molecule has 0 saturated heterocycles. The van der Waals surface area contributed by atoms with Gasteiger partial charge >= 0.3 is 0 Å². The van der Waals surface area contributed by atoms with Crippen molar-refractivity contribution in [2.45, 2.75) is 13.0 Å². The molecule has 1 aliphatic heterocycles. The second-order valence-electron chi connectivity index (χ2n) is 6.47. The fraction of sp³-hybridized carbons (Fsp3) is 0.125. The van der Waals surface area contributed by atoms with Crippen molar-refractivity contribution in [3.05, 3.63) is 107 Å². The third-order valence-corrected chi connectivity index (χ3v) is 4.59. The molecule has 27 heavy (non-hydrogen) atoms. The molecule has 0 fully saturated rings. The summed E-state index contributed by atoms with van der Waals surface area (Å²) in [6.45, 7) is 1.28. The third-order valence-electron chi connectivity index (χ3n) is 4.59. The van der Waals surface area contributed by atoms with E-state index in [4.69, 9.17) is 4.74 Å². The number of benzene rings is 3. The molecule has 0 spiro atoms. The summed E-state index contributed by atoms with van der Waals surface area (Å²) in [6.07, 6.45) is 4.55. The minimum absolute atomic E-state index is 0.227. The number of halogens is 1. The number of ether oxygens (including phenoxy) is 1. The number of aliphatic imine (C=N–C) groups is 1. The van der Waals surface area contributed by atoms with Gasteiger partial charge in [0.15, 0.2) is 0 Å². The van der Waals surface area contributed by atoms with E-state index in [9.17, 15) is 4.39 Å². The smallest absolute Gasteiger partial charge is 0.130 e. The molecule has 0 aromatic heterocycles. The molecule has 0 atom stereocenters. The Bertz CT molecular complexity index is 992. The van der Waals surface area contributed by atoms with Crippen molar-refractivity contribution in [3.8, 4) is 5.75 Å². The first-order valence-corrected chi connectivity index (χ1v) is 9.07. The third kappa shape index (κ3) is 4.14.